The highest BCUT2D eigenvalue weighted by Gasteiger charge is 2.37. The van der Waals surface area contributed by atoms with Gasteiger partial charge in [0.15, 0.2) is 0 Å². The minimum Gasteiger partial charge on any atom is -0.314 e. The smallest absolute Gasteiger partial charge is 0.0291 e. The van der Waals surface area contributed by atoms with Gasteiger partial charge < -0.3 is 10.6 Å². The molecule has 0 spiro atoms. The van der Waals surface area contributed by atoms with Crippen molar-refractivity contribution in [2.75, 3.05) is 13.6 Å². The number of allylic oxidation sites excluding steroid dienone is 1. The first-order chi connectivity index (χ1) is 5.83. The molecular weight excluding hydrogens is 148 g/mol. The molecule has 2 heteroatoms. The van der Waals surface area contributed by atoms with Crippen LogP contribution in [0.4, 0.5) is 0 Å². The molecule has 1 saturated heterocycles. The maximum absolute atomic E-state index is 3.55. The SMILES string of the molecule is CNC1C=CCC2C(C)NCC12. The molecule has 0 radical (unpaired) electrons. The van der Waals surface area contributed by atoms with E-state index in [1.807, 2.05) is 0 Å². The topological polar surface area (TPSA) is 24.1 Å². The van der Waals surface area contributed by atoms with Gasteiger partial charge in [-0.1, -0.05) is 12.2 Å². The van der Waals surface area contributed by atoms with Crippen LogP contribution in [-0.4, -0.2) is 25.7 Å². The minimum atomic E-state index is 0.598. The fourth-order valence-electron chi connectivity index (χ4n) is 2.60. The predicted molar refractivity (Wildman–Crippen MR) is 51.0 cm³/mol. The summed E-state index contributed by atoms with van der Waals surface area (Å²) in [7, 11) is 2.06. The molecule has 1 aliphatic carbocycles. The van der Waals surface area contributed by atoms with Gasteiger partial charge in [0.25, 0.3) is 0 Å². The summed E-state index contributed by atoms with van der Waals surface area (Å²) in [4.78, 5) is 0. The number of fused-ring (bicyclic) bond motifs is 1. The van der Waals surface area contributed by atoms with E-state index in [0.29, 0.717) is 12.1 Å². The molecule has 12 heavy (non-hydrogen) atoms. The van der Waals surface area contributed by atoms with Crippen LogP contribution in [0.15, 0.2) is 12.2 Å². The van der Waals surface area contributed by atoms with E-state index in [2.05, 4.69) is 36.8 Å². The van der Waals surface area contributed by atoms with Crippen molar-refractivity contribution in [3.8, 4) is 0 Å². The van der Waals surface area contributed by atoms with Crippen LogP contribution in [0.3, 0.4) is 0 Å². The van der Waals surface area contributed by atoms with Gasteiger partial charge in [-0.25, -0.2) is 0 Å². The molecular formula is C10H18N2. The summed E-state index contributed by atoms with van der Waals surface area (Å²) >= 11 is 0. The number of likely N-dealkylation sites (N-methyl/N-ethyl adjacent to an activating group) is 1. The second kappa shape index (κ2) is 3.19. The molecule has 2 rings (SSSR count). The second-order valence-electron chi connectivity index (χ2n) is 4.00. The van der Waals surface area contributed by atoms with E-state index in [1.165, 1.54) is 13.0 Å². The van der Waals surface area contributed by atoms with Crippen molar-refractivity contribution in [3.63, 3.8) is 0 Å². The molecule has 2 nitrogen and oxygen atoms in total. The van der Waals surface area contributed by atoms with E-state index < -0.39 is 0 Å². The highest BCUT2D eigenvalue weighted by Crippen LogP contribution is 2.32. The molecule has 2 N–H and O–H groups in total. The van der Waals surface area contributed by atoms with Gasteiger partial charge in [-0.15, -0.1) is 0 Å². The number of nitrogens with one attached hydrogen (secondary N) is 2. The highest BCUT2D eigenvalue weighted by molar-refractivity contribution is 5.09. The Morgan fingerprint density at radius 2 is 2.25 bits per heavy atom. The maximum Gasteiger partial charge on any atom is 0.0291 e. The largest absolute Gasteiger partial charge is 0.314 e. The number of hydrogen-bond acceptors (Lipinski definition) is 2. The van der Waals surface area contributed by atoms with Gasteiger partial charge in [0, 0.05) is 18.6 Å². The fourth-order valence-corrected chi connectivity index (χ4v) is 2.60. The molecule has 4 unspecified atom stereocenters. The van der Waals surface area contributed by atoms with Gasteiger partial charge in [0.1, 0.15) is 0 Å². The Morgan fingerprint density at radius 3 is 3.00 bits per heavy atom. The zero-order chi connectivity index (χ0) is 8.55. The van der Waals surface area contributed by atoms with Gasteiger partial charge in [-0.3, -0.25) is 0 Å². The van der Waals surface area contributed by atoms with Crippen molar-refractivity contribution in [1.82, 2.24) is 10.6 Å². The zero-order valence-corrected chi connectivity index (χ0v) is 7.88. The monoisotopic (exact) mass is 166 g/mol. The first-order valence-electron chi connectivity index (χ1n) is 4.90. The molecule has 68 valence electrons. The van der Waals surface area contributed by atoms with Crippen LogP contribution in [0.1, 0.15) is 13.3 Å². The lowest BCUT2D eigenvalue weighted by Gasteiger charge is -2.30. The summed E-state index contributed by atoms with van der Waals surface area (Å²) in [5.41, 5.74) is 0. The molecule has 0 saturated carbocycles. The van der Waals surface area contributed by atoms with E-state index in [4.69, 9.17) is 0 Å². The fraction of sp³-hybridized carbons (Fsp3) is 0.800. The lowest BCUT2D eigenvalue weighted by molar-refractivity contribution is 0.314. The maximum atomic E-state index is 3.55. The first-order valence-corrected chi connectivity index (χ1v) is 4.90. The minimum absolute atomic E-state index is 0.598. The van der Waals surface area contributed by atoms with Crippen LogP contribution in [0.2, 0.25) is 0 Å². The molecule has 0 bridgehead atoms. The third kappa shape index (κ3) is 1.19. The van der Waals surface area contributed by atoms with E-state index in [1.54, 1.807) is 0 Å². The zero-order valence-electron chi connectivity index (χ0n) is 7.88. The van der Waals surface area contributed by atoms with Crippen molar-refractivity contribution in [3.05, 3.63) is 12.2 Å². The Balaban J connectivity index is 2.12. The number of hydrogen-bond donors (Lipinski definition) is 2. The van der Waals surface area contributed by atoms with Crippen molar-refractivity contribution in [2.24, 2.45) is 11.8 Å². The Labute approximate surface area is 74.4 Å². The molecule has 1 heterocycles. The van der Waals surface area contributed by atoms with Crippen molar-refractivity contribution >= 4 is 0 Å². The Hall–Kier alpha value is -0.340. The normalized spacial score (nSPS) is 46.2. The molecule has 0 aromatic rings. The summed E-state index contributed by atoms with van der Waals surface area (Å²) in [6.45, 7) is 3.48. The quantitative estimate of drug-likeness (QED) is 0.562. The van der Waals surface area contributed by atoms with Crippen LogP contribution in [0.25, 0.3) is 0 Å². The summed E-state index contributed by atoms with van der Waals surface area (Å²) in [5.74, 6) is 1.67. The molecule has 2 aliphatic rings. The Morgan fingerprint density at radius 1 is 1.42 bits per heavy atom. The van der Waals surface area contributed by atoms with Crippen LogP contribution in [0, 0.1) is 11.8 Å². The average Bonchev–Trinajstić information content (AvgIpc) is 2.48. The molecule has 4 atom stereocenters. The first kappa shape index (κ1) is 8.27. The molecule has 1 fully saturated rings. The van der Waals surface area contributed by atoms with Gasteiger partial charge in [-0.05, 0) is 32.2 Å². The number of rotatable bonds is 1. The average molecular weight is 166 g/mol. The molecule has 1 aliphatic heterocycles. The van der Waals surface area contributed by atoms with Crippen LogP contribution in [0.5, 0.6) is 0 Å². The van der Waals surface area contributed by atoms with E-state index in [9.17, 15) is 0 Å². The van der Waals surface area contributed by atoms with Gasteiger partial charge in [-0.2, -0.15) is 0 Å². The Bertz CT molecular complexity index is 188. The molecule has 0 aromatic carbocycles. The standard InChI is InChI=1S/C10H18N2/c1-7-8-4-3-5-10(11-2)9(8)6-12-7/h3,5,7-12H,4,6H2,1-2H3. The van der Waals surface area contributed by atoms with Crippen LogP contribution < -0.4 is 10.6 Å². The third-order valence-electron chi connectivity index (χ3n) is 3.41. The molecule has 0 amide bonds. The lowest BCUT2D eigenvalue weighted by atomic mass is 9.79. The van der Waals surface area contributed by atoms with E-state index in [-0.39, 0.29) is 0 Å². The lowest BCUT2D eigenvalue weighted by Crippen LogP contribution is -2.38. The van der Waals surface area contributed by atoms with E-state index in [0.717, 1.165) is 11.8 Å². The summed E-state index contributed by atoms with van der Waals surface area (Å²) in [5, 5.41) is 6.91. The second-order valence-corrected chi connectivity index (χ2v) is 4.00. The van der Waals surface area contributed by atoms with Crippen LogP contribution in [-0.2, 0) is 0 Å². The molecule has 0 aromatic heterocycles. The van der Waals surface area contributed by atoms with Crippen molar-refractivity contribution in [2.45, 2.75) is 25.4 Å². The van der Waals surface area contributed by atoms with E-state index >= 15 is 0 Å². The third-order valence-corrected chi connectivity index (χ3v) is 3.41. The summed E-state index contributed by atoms with van der Waals surface area (Å²) in [6.07, 6.45) is 5.91. The summed E-state index contributed by atoms with van der Waals surface area (Å²) < 4.78 is 0. The van der Waals surface area contributed by atoms with Gasteiger partial charge in [0.2, 0.25) is 0 Å². The van der Waals surface area contributed by atoms with Crippen LogP contribution >= 0.6 is 0 Å². The highest BCUT2D eigenvalue weighted by atomic mass is 15.0. The Kier molecular flexibility index (Phi) is 2.20. The van der Waals surface area contributed by atoms with Gasteiger partial charge >= 0.3 is 0 Å². The predicted octanol–water partition coefficient (Wildman–Crippen LogP) is 0.758. The van der Waals surface area contributed by atoms with Gasteiger partial charge in [0.05, 0.1) is 0 Å². The van der Waals surface area contributed by atoms with Crippen molar-refractivity contribution < 1.29 is 0 Å². The van der Waals surface area contributed by atoms with Crippen molar-refractivity contribution in [1.29, 1.82) is 0 Å². The summed E-state index contributed by atoms with van der Waals surface area (Å²) in [6, 6.07) is 1.30.